The van der Waals surface area contributed by atoms with Crippen LogP contribution in [0, 0.1) is 11.8 Å². The van der Waals surface area contributed by atoms with E-state index in [1.807, 2.05) is 31.2 Å². The Labute approximate surface area is 206 Å². The number of fused-ring (bicyclic) bond motifs is 4. The summed E-state index contributed by atoms with van der Waals surface area (Å²) in [5.41, 5.74) is 5.95. The molecule has 0 radical (unpaired) electrons. The number of rotatable bonds is 5. The zero-order chi connectivity index (χ0) is 25.2. The maximum Gasteiger partial charge on any atom is 0.417 e. The molecule has 3 aliphatic carbocycles. The molecular weight excluding hydrogens is 467 g/mol. The predicted molar refractivity (Wildman–Crippen MR) is 128 cm³/mol. The van der Waals surface area contributed by atoms with Crippen molar-refractivity contribution in [3.8, 4) is 5.88 Å². The van der Waals surface area contributed by atoms with E-state index >= 15 is 0 Å². The molecule has 1 N–H and O–H groups in total. The summed E-state index contributed by atoms with van der Waals surface area (Å²) in [6, 6.07) is 13.5. The summed E-state index contributed by atoms with van der Waals surface area (Å²) in [5.74, 6) is -0.357. The van der Waals surface area contributed by atoms with Gasteiger partial charge in [0.25, 0.3) is 0 Å². The fourth-order valence-electron chi connectivity index (χ4n) is 6.01. The third kappa shape index (κ3) is 3.77. The van der Waals surface area contributed by atoms with Crippen molar-refractivity contribution in [2.75, 3.05) is 0 Å². The Morgan fingerprint density at radius 3 is 2.67 bits per heavy atom. The fraction of sp³-hybridized carbons (Fsp3) is 0.310. The van der Waals surface area contributed by atoms with Crippen molar-refractivity contribution in [3.63, 3.8) is 0 Å². The van der Waals surface area contributed by atoms with Crippen LogP contribution in [0.15, 0.2) is 60.3 Å². The summed E-state index contributed by atoms with van der Waals surface area (Å²) in [6.45, 7) is 2.14. The molecule has 36 heavy (non-hydrogen) atoms. The smallest absolute Gasteiger partial charge is 0.417 e. The lowest BCUT2D eigenvalue weighted by atomic mass is 9.80. The van der Waals surface area contributed by atoms with Crippen molar-refractivity contribution in [1.29, 1.82) is 0 Å². The minimum Gasteiger partial charge on any atom is -0.481 e. The average molecular weight is 492 g/mol. The van der Waals surface area contributed by atoms with Gasteiger partial charge in [-0.3, -0.25) is 4.79 Å². The molecule has 0 bridgehead atoms. The van der Waals surface area contributed by atoms with Crippen molar-refractivity contribution < 1.29 is 27.8 Å². The topological polar surface area (TPSA) is 59.4 Å². The van der Waals surface area contributed by atoms with Gasteiger partial charge in [0, 0.05) is 18.2 Å². The van der Waals surface area contributed by atoms with Gasteiger partial charge in [0.1, 0.15) is 6.61 Å². The molecule has 7 heteroatoms. The quantitative estimate of drug-likeness (QED) is 0.448. The van der Waals surface area contributed by atoms with Crippen LogP contribution >= 0.6 is 0 Å². The lowest BCUT2D eigenvalue weighted by Crippen LogP contribution is -2.13. The molecule has 1 heterocycles. The van der Waals surface area contributed by atoms with Crippen LogP contribution in [0.3, 0.4) is 0 Å². The van der Waals surface area contributed by atoms with Crippen LogP contribution in [0.2, 0.25) is 0 Å². The molecule has 2 aromatic carbocycles. The van der Waals surface area contributed by atoms with Crippen molar-refractivity contribution in [3.05, 3.63) is 99.2 Å². The maximum absolute atomic E-state index is 13.8. The molecule has 0 saturated heterocycles. The zero-order valence-electron chi connectivity index (χ0n) is 19.6. The third-order valence-corrected chi connectivity index (χ3v) is 7.80. The molecule has 3 aromatic rings. The molecule has 1 saturated carbocycles. The summed E-state index contributed by atoms with van der Waals surface area (Å²) in [5, 5.41) is 9.29. The van der Waals surface area contributed by atoms with E-state index in [1.54, 1.807) is 18.3 Å². The number of aliphatic carboxylic acids is 1. The lowest BCUT2D eigenvalue weighted by Gasteiger charge is -2.25. The first-order valence-corrected chi connectivity index (χ1v) is 12.1. The monoisotopic (exact) mass is 491 g/mol. The number of alkyl halides is 3. The standard InChI is InChI=1S/C29H24F3NO3/c1-15-6-8-17-9-7-16(10-20(17)25(15)19-4-2-3-5-23(19)29(30,31)32)14-36-24-12-18-11-21-26(22(18)13-33-24)27(21)28(34)35/h2-5,7,9-10,12-13,21,26-27H,6,8,11,14H2,1H3,(H,34,35)/t21-,26-,27+/m1/s1. The van der Waals surface area contributed by atoms with Crippen LogP contribution in [0.1, 0.15) is 58.2 Å². The summed E-state index contributed by atoms with van der Waals surface area (Å²) in [7, 11) is 0. The van der Waals surface area contributed by atoms with Gasteiger partial charge in [0.05, 0.1) is 11.5 Å². The Hall–Kier alpha value is -3.61. The number of carbonyl (C=O) groups is 1. The van der Waals surface area contributed by atoms with Gasteiger partial charge in [0.2, 0.25) is 5.88 Å². The minimum atomic E-state index is -4.44. The minimum absolute atomic E-state index is 0.0627. The highest BCUT2D eigenvalue weighted by Crippen LogP contribution is 2.61. The predicted octanol–water partition coefficient (Wildman–Crippen LogP) is 6.42. The van der Waals surface area contributed by atoms with E-state index in [9.17, 15) is 23.1 Å². The molecule has 184 valence electrons. The first-order valence-electron chi connectivity index (χ1n) is 12.1. The molecular formula is C29H24F3NO3. The second-order valence-corrected chi connectivity index (χ2v) is 9.96. The van der Waals surface area contributed by atoms with E-state index in [4.69, 9.17) is 4.74 Å². The van der Waals surface area contributed by atoms with Crippen molar-refractivity contribution in [2.24, 2.45) is 11.8 Å². The number of hydrogen-bond donors (Lipinski definition) is 1. The van der Waals surface area contributed by atoms with E-state index in [1.165, 1.54) is 6.07 Å². The van der Waals surface area contributed by atoms with E-state index in [2.05, 4.69) is 4.98 Å². The van der Waals surface area contributed by atoms with Gasteiger partial charge in [-0.25, -0.2) is 4.98 Å². The summed E-state index contributed by atoms with van der Waals surface area (Å²) < 4.78 is 47.3. The average Bonchev–Trinajstić information content (AvgIpc) is 3.44. The van der Waals surface area contributed by atoms with Gasteiger partial charge in [-0.1, -0.05) is 35.9 Å². The van der Waals surface area contributed by atoms with E-state index in [0.29, 0.717) is 17.9 Å². The van der Waals surface area contributed by atoms with Gasteiger partial charge in [-0.2, -0.15) is 13.2 Å². The first-order chi connectivity index (χ1) is 17.2. The van der Waals surface area contributed by atoms with Crippen molar-refractivity contribution in [1.82, 2.24) is 4.98 Å². The number of pyridine rings is 1. The number of hydrogen-bond acceptors (Lipinski definition) is 3. The fourth-order valence-corrected chi connectivity index (χ4v) is 6.01. The summed E-state index contributed by atoms with van der Waals surface area (Å²) in [6.07, 6.45) is -0.489. The number of carboxylic acids is 1. The Kier molecular flexibility index (Phi) is 5.21. The van der Waals surface area contributed by atoms with Gasteiger partial charge in [-0.15, -0.1) is 0 Å². The normalized spacial score (nSPS) is 22.1. The number of benzene rings is 2. The molecule has 0 spiro atoms. The number of aromatic nitrogens is 1. The van der Waals surface area contributed by atoms with Crippen molar-refractivity contribution in [2.45, 2.75) is 44.9 Å². The van der Waals surface area contributed by atoms with Crippen LogP contribution in [0.25, 0.3) is 5.57 Å². The molecule has 3 atom stereocenters. The SMILES string of the molecule is CC1=C(c2ccccc2C(F)(F)F)c2cc(COc3cc4c(cn3)[C@H]3[C@@H](C4)[C@@H]3C(=O)O)ccc2CC1. The Morgan fingerprint density at radius 2 is 1.89 bits per heavy atom. The van der Waals surface area contributed by atoms with Crippen LogP contribution in [-0.4, -0.2) is 16.1 Å². The van der Waals surface area contributed by atoms with Crippen LogP contribution in [-0.2, 0) is 30.4 Å². The highest BCUT2D eigenvalue weighted by molar-refractivity contribution is 5.86. The van der Waals surface area contributed by atoms with Gasteiger partial charge >= 0.3 is 12.1 Å². The first kappa shape index (κ1) is 22.8. The van der Waals surface area contributed by atoms with Crippen LogP contribution < -0.4 is 4.74 Å². The Balaban J connectivity index is 1.26. The molecule has 0 amide bonds. The number of aryl methyl sites for hydroxylation is 1. The Morgan fingerprint density at radius 1 is 1.08 bits per heavy atom. The molecule has 0 aliphatic heterocycles. The third-order valence-electron chi connectivity index (χ3n) is 7.80. The highest BCUT2D eigenvalue weighted by atomic mass is 19.4. The molecule has 1 aromatic heterocycles. The number of nitrogens with zero attached hydrogens (tertiary/aromatic N) is 1. The van der Waals surface area contributed by atoms with E-state index in [0.717, 1.165) is 52.3 Å². The number of halogens is 3. The Bertz CT molecular complexity index is 1430. The van der Waals surface area contributed by atoms with Gasteiger partial charge < -0.3 is 9.84 Å². The highest BCUT2D eigenvalue weighted by Gasteiger charge is 2.59. The summed E-state index contributed by atoms with van der Waals surface area (Å²) in [4.78, 5) is 15.7. The molecule has 3 aliphatic rings. The second-order valence-electron chi connectivity index (χ2n) is 9.96. The molecule has 6 rings (SSSR count). The maximum atomic E-state index is 13.8. The van der Waals surface area contributed by atoms with E-state index < -0.39 is 17.7 Å². The molecule has 4 nitrogen and oxygen atoms in total. The van der Waals surface area contributed by atoms with Crippen LogP contribution in [0.5, 0.6) is 5.88 Å². The zero-order valence-corrected chi connectivity index (χ0v) is 19.6. The van der Waals surface area contributed by atoms with E-state index in [-0.39, 0.29) is 29.9 Å². The van der Waals surface area contributed by atoms with Gasteiger partial charge in [-0.05, 0) is 83.2 Å². The number of allylic oxidation sites excluding steroid dienone is 1. The largest absolute Gasteiger partial charge is 0.481 e. The second kappa shape index (κ2) is 8.22. The number of ether oxygens (including phenoxy) is 1. The lowest BCUT2D eigenvalue weighted by molar-refractivity contribution is -0.139. The molecule has 1 fully saturated rings. The van der Waals surface area contributed by atoms with Crippen LogP contribution in [0.4, 0.5) is 13.2 Å². The van der Waals surface area contributed by atoms with Crippen molar-refractivity contribution >= 4 is 11.5 Å². The van der Waals surface area contributed by atoms with Gasteiger partial charge in [0.15, 0.2) is 0 Å². The number of carboxylic acid groups (broad SMARTS) is 1. The summed E-state index contributed by atoms with van der Waals surface area (Å²) >= 11 is 0. The molecule has 0 unspecified atom stereocenters.